The van der Waals surface area contributed by atoms with Gasteiger partial charge >= 0.3 is 0 Å². The Morgan fingerprint density at radius 2 is 1.91 bits per heavy atom. The van der Waals surface area contributed by atoms with Crippen LogP contribution in [0.3, 0.4) is 0 Å². The van der Waals surface area contributed by atoms with Crippen molar-refractivity contribution < 1.29 is 13.6 Å². The Morgan fingerprint density at radius 1 is 1.36 bits per heavy atom. The van der Waals surface area contributed by atoms with Gasteiger partial charge in [0.15, 0.2) is 0 Å². The fraction of sp³-hybridized carbons (Fsp3) is 0.857. The third-order valence-corrected chi connectivity index (χ3v) is 2.08. The van der Waals surface area contributed by atoms with Gasteiger partial charge in [0, 0.05) is 19.0 Å². The zero-order chi connectivity index (χ0) is 8.27. The summed E-state index contributed by atoms with van der Waals surface area (Å²) in [6.45, 7) is 0.969. The van der Waals surface area contributed by atoms with Crippen LogP contribution in [0.25, 0.3) is 0 Å². The maximum absolute atomic E-state index is 12.0. The quantitative estimate of drug-likeness (QED) is 0.558. The Morgan fingerprint density at radius 3 is 2.27 bits per heavy atom. The summed E-state index contributed by atoms with van der Waals surface area (Å²) < 4.78 is 24.1. The molecule has 0 bridgehead atoms. The maximum atomic E-state index is 12.0. The summed E-state index contributed by atoms with van der Waals surface area (Å²) in [6, 6.07) is 0. The normalized spacial score (nSPS) is 20.8. The van der Waals surface area contributed by atoms with E-state index >= 15 is 0 Å². The summed E-state index contributed by atoms with van der Waals surface area (Å²) in [7, 11) is 0. The molecule has 1 rings (SSSR count). The molecular weight excluding hydrogens is 152 g/mol. The van der Waals surface area contributed by atoms with Crippen molar-refractivity contribution in [3.63, 3.8) is 0 Å². The van der Waals surface area contributed by atoms with Crippen molar-refractivity contribution >= 4 is 6.41 Å². The van der Waals surface area contributed by atoms with Crippen LogP contribution < -0.4 is 0 Å². The lowest BCUT2D eigenvalue weighted by molar-refractivity contribution is -0.120. The molecule has 0 spiro atoms. The lowest BCUT2D eigenvalue weighted by Crippen LogP contribution is -2.34. The summed E-state index contributed by atoms with van der Waals surface area (Å²) >= 11 is 0. The van der Waals surface area contributed by atoms with Gasteiger partial charge in [-0.2, -0.15) is 0 Å². The van der Waals surface area contributed by atoms with E-state index in [0.29, 0.717) is 25.9 Å². The Labute approximate surface area is 64.2 Å². The Balaban J connectivity index is 2.29. The van der Waals surface area contributed by atoms with Crippen molar-refractivity contribution in [1.29, 1.82) is 0 Å². The first-order valence-corrected chi connectivity index (χ1v) is 3.71. The van der Waals surface area contributed by atoms with Gasteiger partial charge in [-0.15, -0.1) is 0 Å². The Bertz CT molecular complexity index is 132. The predicted molar refractivity (Wildman–Crippen MR) is 36.4 cm³/mol. The van der Waals surface area contributed by atoms with Crippen LogP contribution in [0.2, 0.25) is 0 Å². The number of halogens is 2. The van der Waals surface area contributed by atoms with Crippen molar-refractivity contribution in [1.82, 2.24) is 4.90 Å². The van der Waals surface area contributed by atoms with E-state index < -0.39 is 12.3 Å². The number of hydrogen-bond acceptors (Lipinski definition) is 1. The number of carbonyl (C=O) groups is 1. The van der Waals surface area contributed by atoms with Gasteiger partial charge in [-0.05, 0) is 12.8 Å². The fourth-order valence-corrected chi connectivity index (χ4v) is 1.28. The monoisotopic (exact) mass is 163 g/mol. The van der Waals surface area contributed by atoms with Crippen LogP contribution in [0.4, 0.5) is 8.78 Å². The second kappa shape index (κ2) is 3.64. The lowest BCUT2D eigenvalue weighted by atomic mass is 9.98. The van der Waals surface area contributed by atoms with Crippen LogP contribution in [-0.2, 0) is 4.79 Å². The molecule has 2 nitrogen and oxygen atoms in total. The van der Waals surface area contributed by atoms with E-state index in [0.717, 1.165) is 6.41 Å². The summed E-state index contributed by atoms with van der Waals surface area (Å²) in [5.74, 6) is -0.494. The molecule has 1 heterocycles. The van der Waals surface area contributed by atoms with E-state index in [9.17, 15) is 13.6 Å². The van der Waals surface area contributed by atoms with Crippen molar-refractivity contribution in [2.45, 2.75) is 19.3 Å². The highest BCUT2D eigenvalue weighted by Gasteiger charge is 2.25. The molecule has 1 saturated heterocycles. The Hall–Kier alpha value is -0.670. The van der Waals surface area contributed by atoms with Crippen molar-refractivity contribution in [3.8, 4) is 0 Å². The second-order valence-electron chi connectivity index (χ2n) is 2.81. The number of nitrogens with zero attached hydrogens (tertiary/aromatic N) is 1. The maximum Gasteiger partial charge on any atom is 0.241 e. The number of amides is 1. The zero-order valence-electron chi connectivity index (χ0n) is 6.17. The minimum Gasteiger partial charge on any atom is -0.345 e. The van der Waals surface area contributed by atoms with Crippen molar-refractivity contribution in [2.24, 2.45) is 5.92 Å². The highest BCUT2D eigenvalue weighted by Crippen LogP contribution is 2.22. The smallest absolute Gasteiger partial charge is 0.241 e. The minimum atomic E-state index is -2.22. The molecule has 0 aromatic heterocycles. The minimum absolute atomic E-state index is 0.441. The van der Waals surface area contributed by atoms with Crippen molar-refractivity contribution in [3.05, 3.63) is 0 Å². The third-order valence-electron chi connectivity index (χ3n) is 2.08. The zero-order valence-corrected chi connectivity index (χ0v) is 6.17. The molecule has 0 aliphatic carbocycles. The average molecular weight is 163 g/mol. The van der Waals surface area contributed by atoms with Gasteiger partial charge in [0.2, 0.25) is 12.8 Å². The van der Waals surface area contributed by atoms with Crippen LogP contribution in [0.5, 0.6) is 0 Å². The largest absolute Gasteiger partial charge is 0.345 e. The topological polar surface area (TPSA) is 20.3 Å². The van der Waals surface area contributed by atoms with E-state index in [-0.39, 0.29) is 0 Å². The molecule has 1 aliphatic heterocycles. The second-order valence-corrected chi connectivity index (χ2v) is 2.81. The highest BCUT2D eigenvalue weighted by molar-refractivity contribution is 5.47. The molecule has 1 aliphatic rings. The number of hydrogen-bond donors (Lipinski definition) is 0. The number of rotatable bonds is 2. The first-order chi connectivity index (χ1) is 5.24. The standard InChI is InChI=1S/C7H11F2NO/c8-7(9)6-1-3-10(5-11)4-2-6/h5-7H,1-4H2. The molecule has 11 heavy (non-hydrogen) atoms. The van der Waals surface area contributed by atoms with Gasteiger partial charge in [0.05, 0.1) is 0 Å². The van der Waals surface area contributed by atoms with Crippen LogP contribution in [0.1, 0.15) is 12.8 Å². The number of likely N-dealkylation sites (tertiary alicyclic amines) is 1. The molecule has 64 valence electrons. The van der Waals surface area contributed by atoms with Crippen LogP contribution in [0.15, 0.2) is 0 Å². The summed E-state index contributed by atoms with van der Waals surface area (Å²) in [6.07, 6.45) is -0.613. The highest BCUT2D eigenvalue weighted by atomic mass is 19.3. The third kappa shape index (κ3) is 2.13. The molecule has 0 aromatic rings. The van der Waals surface area contributed by atoms with Gasteiger partial charge in [-0.3, -0.25) is 4.79 Å². The number of carbonyl (C=O) groups excluding carboxylic acids is 1. The average Bonchev–Trinajstić information content (AvgIpc) is 2.05. The molecule has 0 unspecified atom stereocenters. The van der Waals surface area contributed by atoms with Gasteiger partial charge in [-0.1, -0.05) is 0 Å². The van der Waals surface area contributed by atoms with Gasteiger partial charge in [-0.25, -0.2) is 8.78 Å². The lowest BCUT2D eigenvalue weighted by Gasteiger charge is -2.28. The van der Waals surface area contributed by atoms with Gasteiger partial charge < -0.3 is 4.90 Å². The molecule has 0 atom stereocenters. The van der Waals surface area contributed by atoms with Gasteiger partial charge in [0.25, 0.3) is 0 Å². The van der Waals surface area contributed by atoms with Crippen molar-refractivity contribution in [2.75, 3.05) is 13.1 Å². The molecule has 4 heteroatoms. The summed E-state index contributed by atoms with van der Waals surface area (Å²) in [4.78, 5) is 11.7. The molecule has 0 N–H and O–H groups in total. The summed E-state index contributed by atoms with van der Waals surface area (Å²) in [5, 5.41) is 0. The molecule has 1 fully saturated rings. The summed E-state index contributed by atoms with van der Waals surface area (Å²) in [5.41, 5.74) is 0. The molecule has 1 amide bonds. The first kappa shape index (κ1) is 8.43. The molecule has 0 radical (unpaired) electrons. The Kier molecular flexibility index (Phi) is 2.79. The van der Waals surface area contributed by atoms with Crippen LogP contribution in [-0.4, -0.2) is 30.8 Å². The van der Waals surface area contributed by atoms with E-state index in [2.05, 4.69) is 0 Å². The van der Waals surface area contributed by atoms with E-state index in [1.165, 1.54) is 0 Å². The SMILES string of the molecule is O=CN1CCC(C(F)F)CC1. The van der Waals surface area contributed by atoms with Gasteiger partial charge in [0.1, 0.15) is 0 Å². The molecule has 0 saturated carbocycles. The number of piperidine rings is 1. The molecule has 0 aromatic carbocycles. The van der Waals surface area contributed by atoms with E-state index in [1.807, 2.05) is 0 Å². The van der Waals surface area contributed by atoms with Crippen LogP contribution >= 0.6 is 0 Å². The first-order valence-electron chi connectivity index (χ1n) is 3.71. The molecular formula is C7H11F2NO. The van der Waals surface area contributed by atoms with Crippen LogP contribution in [0, 0.1) is 5.92 Å². The number of alkyl halides is 2. The van der Waals surface area contributed by atoms with E-state index in [4.69, 9.17) is 0 Å². The van der Waals surface area contributed by atoms with E-state index in [1.54, 1.807) is 4.90 Å². The fourth-order valence-electron chi connectivity index (χ4n) is 1.28. The predicted octanol–water partition coefficient (Wildman–Crippen LogP) is 1.12.